The fraction of sp³-hybridized carbons (Fsp3) is 0.298. The highest BCUT2D eigenvalue weighted by atomic mass is 28.3. The maximum atomic E-state index is 8.48. The minimum Gasteiger partial charge on any atom is -0.201 e. The van der Waals surface area contributed by atoms with Crippen molar-refractivity contribution in [2.24, 2.45) is 28.2 Å². The zero-order valence-corrected chi connectivity index (χ0v) is 91.8. The van der Waals surface area contributed by atoms with Crippen molar-refractivity contribution in [1.82, 2.24) is 0 Å². The van der Waals surface area contributed by atoms with Gasteiger partial charge in [0.05, 0.1) is 0 Å². The lowest BCUT2D eigenvalue weighted by atomic mass is 9.72. The van der Waals surface area contributed by atoms with Gasteiger partial charge in [-0.3, -0.25) is 0 Å². The van der Waals surface area contributed by atoms with E-state index in [2.05, 4.69) is 360 Å². The fourth-order valence-corrected chi connectivity index (χ4v) is 60.1. The molecule has 16 aromatic rings. The zero-order valence-electron chi connectivity index (χ0n) is 97.8. The van der Waals surface area contributed by atoms with E-state index in [9.17, 15) is 0 Å². The Bertz CT molecular complexity index is 8160. The first kappa shape index (κ1) is 82.0. The van der Waals surface area contributed by atoms with Gasteiger partial charge >= 0.3 is 0 Å². The third kappa shape index (κ3) is 16.1. The van der Waals surface area contributed by atoms with Gasteiger partial charge in [0.2, 0.25) is 22.8 Å². The molecule has 8 aliphatic rings. The van der Waals surface area contributed by atoms with Crippen LogP contribution in [0.3, 0.4) is 0 Å². The molecule has 1 saturated carbocycles. The Labute approximate surface area is 865 Å². The molecular weight excluding hydrogens is 1800 g/mol. The van der Waals surface area contributed by atoms with Crippen molar-refractivity contribution in [2.45, 2.75) is 226 Å². The third-order valence-corrected chi connectivity index (χ3v) is 63.1. The molecule has 0 amide bonds. The van der Waals surface area contributed by atoms with Crippen molar-refractivity contribution in [3.8, 4) is 89.5 Å². The van der Waals surface area contributed by atoms with Crippen LogP contribution in [0.1, 0.15) is 168 Å². The molecule has 0 N–H and O–H groups in total. The fourth-order valence-electron chi connectivity index (χ4n) is 27.9. The van der Waals surface area contributed by atoms with Crippen LogP contribution < -0.4 is 80.5 Å². The van der Waals surface area contributed by atoms with Crippen molar-refractivity contribution in [3.05, 3.63) is 383 Å². The Morgan fingerprint density at radius 1 is 0.227 bits per heavy atom. The SMILES string of the molecule is [2H]C([2H])([2H])c1c[n+](C)c(-c2ccccc2C)cc1-c1ccc2c(c1)[Si](C)(C)c1ccccc1C2(C)C.[2H]C([2H])([2H])c1c[n+](C)c(-c2ccccc2C)cc1-c1ccc2c(c1)[Si]1(CCCC1)c1ccccc1C21CCCC1.[2H]C([2H])([2H])c1c[n+](C)c(-c2ccccc2C)cc1-c1ccc2c(c1)[Si]1(CCCC1)c1ccccc1[Si]2(C)C.[2H]C([2H])([2H])c1c[n+](C)c(-c2ccccc2C)cc1-c1ccc2c(c1)[Si]1(CCCCC1)c1ccccc1[Si]2(C)C. The number of aromatic nitrogens is 4. The second-order valence-electron chi connectivity index (χ2n) is 44.9. The summed E-state index contributed by atoms with van der Waals surface area (Å²) in [7, 11) is -3.66. The number of fused-ring (bicyclic) bond motifs is 16. The molecule has 24 rings (SSSR count). The van der Waals surface area contributed by atoms with E-state index < -0.39 is 75.9 Å². The summed E-state index contributed by atoms with van der Waals surface area (Å²) in [5, 5.41) is 19.1. The van der Waals surface area contributed by atoms with Crippen molar-refractivity contribution in [3.63, 3.8) is 0 Å². The maximum absolute atomic E-state index is 8.48. The molecule has 3 saturated heterocycles. The van der Waals surface area contributed by atoms with Gasteiger partial charge in [-0.2, -0.15) is 0 Å². The molecule has 0 atom stereocenters. The molecule has 0 bridgehead atoms. The summed E-state index contributed by atoms with van der Waals surface area (Å²) < 4.78 is 109. The first-order valence-electron chi connectivity index (χ1n) is 58.1. The number of rotatable bonds is 8. The first-order chi connectivity index (χ1) is 72.6. The summed E-state index contributed by atoms with van der Waals surface area (Å²) >= 11 is 0. The molecule has 1 aliphatic carbocycles. The van der Waals surface area contributed by atoms with Crippen molar-refractivity contribution < 1.29 is 34.7 Å². The molecule has 4 nitrogen and oxygen atoms in total. The normalized spacial score (nSPS) is 19.0. The quantitative estimate of drug-likeness (QED) is 0.106. The van der Waals surface area contributed by atoms with E-state index in [4.69, 9.17) is 16.4 Å². The van der Waals surface area contributed by atoms with E-state index in [-0.39, 0.29) is 10.8 Å². The summed E-state index contributed by atoms with van der Waals surface area (Å²) in [4.78, 5) is 0. The number of benzene rings is 12. The summed E-state index contributed by atoms with van der Waals surface area (Å²) in [5.74, 6) is 0. The summed E-state index contributed by atoms with van der Waals surface area (Å²) in [5.41, 5.74) is 28.5. The van der Waals surface area contributed by atoms with E-state index in [1.54, 1.807) is 69.2 Å². The second kappa shape index (κ2) is 37.1. The first-order valence-corrected chi connectivity index (χ1v) is 68.3. The summed E-state index contributed by atoms with van der Waals surface area (Å²) in [6.07, 6.45) is 21.4. The van der Waals surface area contributed by atoms with Gasteiger partial charge in [0.1, 0.15) is 76.6 Å². The van der Waals surface area contributed by atoms with Crippen LogP contribution >= 0.6 is 0 Å². The topological polar surface area (TPSA) is 15.5 Å². The second-order valence-corrected chi connectivity index (χ2v) is 70.6. The van der Waals surface area contributed by atoms with Crippen LogP contribution in [-0.4, -0.2) is 48.4 Å². The predicted octanol–water partition coefficient (Wildman–Crippen LogP) is 23.2. The molecule has 4 aromatic heterocycles. The van der Waals surface area contributed by atoms with Gasteiger partial charge in [0.25, 0.3) is 0 Å². The van der Waals surface area contributed by atoms with Gasteiger partial charge in [-0.25, -0.2) is 18.3 Å². The van der Waals surface area contributed by atoms with Gasteiger partial charge < -0.3 is 0 Å². The minimum absolute atomic E-state index is 0.102. The highest BCUT2D eigenvalue weighted by molar-refractivity contribution is 7.18. The standard InChI is InChI=1S/C35H38NSi.C33H38NSi2.C32H36NSi2.C31H34NSi/c1-25-12-4-5-13-28(25)32-23-29(26(2)24-36(32)3)27-16-17-31-34(22-27)37(20-10-11-21-37)33-15-7-6-14-30(33)35(31)18-8-9-19-35;1-24-13-7-8-14-27(24)29-22-28(25(2)23-34(29)3)26-17-18-31-33(21-26)36(19-11-6-12-20-36)32-16-10-9-15-30(32)35(31,4)5;1-23-12-6-7-13-26(23)28-21-27(24(2)22-33(28)3)25-16-17-30-32(20-25)35(18-10-11-19-35)31-15-9-8-14-29(31)34(30,4)5;1-21-12-8-9-13-24(21)28-19-25(22(2)20-32(28)5)23-16-17-27-30(18-23)33(6,7)29-15-11-10-14-26(29)31(27,3)4/h4-7,12-17,22-24H,8-11,18-21H2,1-3H3;7-10,13-18,21-23H,6,11-12,19-20H2,1-5H3;6-9,12-17,20-22H,10-11,18-19H2,1-5H3;8-20H,1-7H3/q4*+1/i4*2D3. The molecular formula is C131H146N4Si6+4. The number of aryl methyl sites for hydroxylation is 12. The summed E-state index contributed by atoms with van der Waals surface area (Å²) in [6.45, 7) is 19.1. The smallest absolute Gasteiger partial charge is 0.201 e. The van der Waals surface area contributed by atoms with E-state index >= 15 is 0 Å². The molecule has 4 fully saturated rings. The average Bonchev–Trinajstić information content (AvgIpc) is 1.65. The van der Waals surface area contributed by atoms with Gasteiger partial charge in [-0.1, -0.05) is 405 Å². The van der Waals surface area contributed by atoms with Crippen LogP contribution in [0.4, 0.5) is 0 Å². The summed E-state index contributed by atoms with van der Waals surface area (Å²) in [6, 6.07) is 114. The largest absolute Gasteiger partial charge is 0.213 e. The molecule has 141 heavy (non-hydrogen) atoms. The highest BCUT2D eigenvalue weighted by Crippen LogP contribution is 2.52. The van der Waals surface area contributed by atoms with E-state index in [1.165, 1.54) is 145 Å². The number of hydrogen-bond acceptors (Lipinski definition) is 0. The lowest BCUT2D eigenvalue weighted by molar-refractivity contribution is -0.660. The van der Waals surface area contributed by atoms with Crippen molar-refractivity contribution in [2.75, 3.05) is 0 Å². The number of hydrogen-bond donors (Lipinski definition) is 0. The molecule has 11 heterocycles. The van der Waals surface area contributed by atoms with Crippen molar-refractivity contribution >= 4 is 111 Å². The lowest BCUT2D eigenvalue weighted by Crippen LogP contribution is -2.80. The van der Waals surface area contributed by atoms with Crippen LogP contribution in [-0.2, 0) is 39.0 Å². The molecule has 0 unspecified atom stereocenters. The van der Waals surface area contributed by atoms with Gasteiger partial charge in [-0.15, -0.1) is 0 Å². The molecule has 4 spiro atoms. The molecule has 0 radical (unpaired) electrons. The monoisotopic (exact) mass is 1960 g/mol. The van der Waals surface area contributed by atoms with Crippen LogP contribution in [0.25, 0.3) is 89.5 Å². The average molecular weight is 1960 g/mol. The Balaban J connectivity index is 0.000000119. The van der Waals surface area contributed by atoms with Gasteiger partial charge in [0, 0.05) is 96.1 Å². The predicted molar refractivity (Wildman–Crippen MR) is 615 cm³/mol. The highest BCUT2D eigenvalue weighted by Gasteiger charge is 2.56. The van der Waals surface area contributed by atoms with E-state index in [1.807, 2.05) is 77.2 Å². The van der Waals surface area contributed by atoms with Crippen LogP contribution in [0.15, 0.2) is 316 Å². The Hall–Kier alpha value is -11.5. The Kier molecular flexibility index (Phi) is 21.6. The third-order valence-electron chi connectivity index (χ3n) is 35.4. The molecule has 710 valence electrons. The van der Waals surface area contributed by atoms with Crippen LogP contribution in [0, 0.1) is 55.1 Å². The minimum atomic E-state index is -2.22. The van der Waals surface area contributed by atoms with Crippen LogP contribution in [0.5, 0.6) is 0 Å². The Morgan fingerprint density at radius 3 is 0.858 bits per heavy atom. The van der Waals surface area contributed by atoms with E-state index in [0.717, 1.165) is 95.1 Å². The Morgan fingerprint density at radius 2 is 0.489 bits per heavy atom. The molecule has 12 aromatic carbocycles. The van der Waals surface area contributed by atoms with Crippen molar-refractivity contribution in [1.29, 1.82) is 0 Å². The lowest BCUT2D eigenvalue weighted by Gasteiger charge is -2.47. The van der Waals surface area contributed by atoms with E-state index in [0.29, 0.717) is 22.3 Å². The maximum Gasteiger partial charge on any atom is 0.213 e. The molecule has 7 aliphatic heterocycles. The zero-order chi connectivity index (χ0) is 108. The number of pyridine rings is 4. The van der Waals surface area contributed by atoms with Gasteiger partial charge in [-0.05, 0) is 228 Å². The molecule has 10 heteroatoms. The van der Waals surface area contributed by atoms with Crippen LogP contribution in [0.2, 0.25) is 75.5 Å². The number of nitrogens with zero attached hydrogens (tertiary/aromatic N) is 4. The van der Waals surface area contributed by atoms with Gasteiger partial charge in [0.15, 0.2) is 24.8 Å².